The molecule has 0 amide bonds. The van der Waals surface area contributed by atoms with E-state index in [-0.39, 0.29) is 13.0 Å². The van der Waals surface area contributed by atoms with Crippen LogP contribution in [0.5, 0.6) is 11.5 Å². The van der Waals surface area contributed by atoms with Crippen molar-refractivity contribution in [3.63, 3.8) is 0 Å². The molecule has 0 unspecified atom stereocenters. The lowest BCUT2D eigenvalue weighted by atomic mass is 9.80. The third kappa shape index (κ3) is 6.93. The van der Waals surface area contributed by atoms with Crippen LogP contribution in [0.25, 0.3) is 0 Å². The van der Waals surface area contributed by atoms with Gasteiger partial charge in [0.25, 0.3) is 5.56 Å². The zero-order valence-corrected chi connectivity index (χ0v) is 30.1. The summed E-state index contributed by atoms with van der Waals surface area (Å²) >= 11 is 0. The largest absolute Gasteiger partial charge is 0.497 e. The number of hydrogen-bond acceptors (Lipinski definition) is 8. The summed E-state index contributed by atoms with van der Waals surface area (Å²) in [4.78, 5) is 41.1. The van der Waals surface area contributed by atoms with Crippen LogP contribution in [0.2, 0.25) is 18.1 Å². The summed E-state index contributed by atoms with van der Waals surface area (Å²) in [7, 11) is 0.828. The second-order valence-corrected chi connectivity index (χ2v) is 17.2. The van der Waals surface area contributed by atoms with Crippen molar-refractivity contribution in [2.45, 2.75) is 75.8 Å². The highest BCUT2D eigenvalue weighted by Gasteiger charge is 2.55. The Hall–Kier alpha value is -4.29. The van der Waals surface area contributed by atoms with E-state index in [1.165, 1.54) is 10.8 Å². The van der Waals surface area contributed by atoms with Gasteiger partial charge in [-0.2, -0.15) is 0 Å². The van der Waals surface area contributed by atoms with Gasteiger partial charge in [0.1, 0.15) is 35.0 Å². The number of nitrogens with zero attached hydrogens (tertiary/aromatic N) is 1. The summed E-state index contributed by atoms with van der Waals surface area (Å²) < 4.78 is 33.1. The van der Waals surface area contributed by atoms with E-state index < -0.39 is 43.1 Å². The standard InChI is InChI=1S/C38H46N2O8Si/c1-7-49(8-2,9-3)48-37(26-41)23-34(40-24-27(4)35(42)39-36(40)43)47-33(37)25-46-38(28-13-11-10-12-14-28,29-15-19-31(44-5)20-16-29)30-17-21-32(45-6)22-18-30/h10-22,24,26,33-34H,7-9,23,25H2,1-6H3,(H,39,42,43)/t33-,34-,37-/m1/s1. The normalized spacial score (nSPS) is 19.5. The van der Waals surface area contributed by atoms with Crippen LogP contribution in [-0.2, 0) is 24.3 Å². The first kappa shape index (κ1) is 36.0. The molecule has 0 radical (unpaired) electrons. The molecule has 260 valence electrons. The van der Waals surface area contributed by atoms with Crippen LogP contribution in [0.1, 0.15) is 55.7 Å². The van der Waals surface area contributed by atoms with Gasteiger partial charge >= 0.3 is 5.69 Å². The number of hydrogen-bond donors (Lipinski definition) is 1. The smallest absolute Gasteiger partial charge is 0.330 e. The summed E-state index contributed by atoms with van der Waals surface area (Å²) in [5.74, 6) is 1.38. The van der Waals surface area contributed by atoms with Crippen molar-refractivity contribution in [3.8, 4) is 11.5 Å². The quantitative estimate of drug-likeness (QED) is 0.0904. The van der Waals surface area contributed by atoms with Crippen molar-refractivity contribution in [3.05, 3.63) is 128 Å². The Morgan fingerprint density at radius 1 is 0.878 bits per heavy atom. The first-order valence-electron chi connectivity index (χ1n) is 16.8. The number of aromatic amines is 1. The van der Waals surface area contributed by atoms with Crippen LogP contribution in [-0.4, -0.2) is 56.7 Å². The van der Waals surface area contributed by atoms with Crippen LogP contribution in [0.4, 0.5) is 0 Å². The number of aryl methyl sites for hydroxylation is 1. The van der Waals surface area contributed by atoms with E-state index in [2.05, 4.69) is 25.8 Å². The van der Waals surface area contributed by atoms with Crippen LogP contribution < -0.4 is 20.7 Å². The van der Waals surface area contributed by atoms with Crippen molar-refractivity contribution in [1.82, 2.24) is 9.55 Å². The Morgan fingerprint density at radius 3 is 1.90 bits per heavy atom. The molecule has 3 atom stereocenters. The van der Waals surface area contributed by atoms with Gasteiger partial charge in [-0.25, -0.2) is 4.79 Å². The van der Waals surface area contributed by atoms with Gasteiger partial charge in [-0.15, -0.1) is 0 Å². The summed E-state index contributed by atoms with van der Waals surface area (Å²) in [5, 5.41) is 0. The molecular formula is C38H46N2O8Si. The topological polar surface area (TPSA) is 118 Å². The molecule has 0 bridgehead atoms. The molecule has 11 heteroatoms. The number of carbonyl (C=O) groups excluding carboxylic acids is 1. The van der Waals surface area contributed by atoms with Crippen molar-refractivity contribution < 1.29 is 28.2 Å². The fourth-order valence-corrected chi connectivity index (χ4v) is 9.80. The Morgan fingerprint density at radius 2 is 1.41 bits per heavy atom. The molecule has 1 fully saturated rings. The molecule has 1 aliphatic heterocycles. The molecule has 0 aliphatic carbocycles. The molecule has 2 heterocycles. The summed E-state index contributed by atoms with van der Waals surface area (Å²) in [6.45, 7) is 7.84. The molecular weight excluding hydrogens is 641 g/mol. The Kier molecular flexibility index (Phi) is 11.1. The number of aldehydes is 1. The maximum atomic E-state index is 13.4. The minimum Gasteiger partial charge on any atom is -0.497 e. The van der Waals surface area contributed by atoms with Crippen molar-refractivity contribution in [2.75, 3.05) is 20.8 Å². The molecule has 0 spiro atoms. The van der Waals surface area contributed by atoms with Crippen LogP contribution >= 0.6 is 0 Å². The number of carbonyl (C=O) groups is 1. The number of ether oxygens (including phenoxy) is 4. The van der Waals surface area contributed by atoms with E-state index in [1.54, 1.807) is 21.1 Å². The molecule has 10 nitrogen and oxygen atoms in total. The maximum absolute atomic E-state index is 13.4. The summed E-state index contributed by atoms with van der Waals surface area (Å²) in [5.41, 5.74) is -0.834. The van der Waals surface area contributed by atoms with E-state index in [4.69, 9.17) is 23.4 Å². The minimum atomic E-state index is -2.41. The predicted molar refractivity (Wildman–Crippen MR) is 190 cm³/mol. The second kappa shape index (κ2) is 15.1. The van der Waals surface area contributed by atoms with Crippen LogP contribution in [0.15, 0.2) is 94.6 Å². The molecule has 1 aromatic heterocycles. The highest BCUT2D eigenvalue weighted by atomic mass is 28.4. The van der Waals surface area contributed by atoms with E-state index in [0.717, 1.165) is 41.1 Å². The first-order valence-corrected chi connectivity index (χ1v) is 19.3. The fraction of sp³-hybridized carbons (Fsp3) is 0.395. The lowest BCUT2D eigenvalue weighted by molar-refractivity contribution is -0.139. The molecule has 0 saturated carbocycles. The molecule has 4 aromatic rings. The zero-order chi connectivity index (χ0) is 35.2. The Labute approximate surface area is 288 Å². The molecule has 5 rings (SSSR count). The second-order valence-electron chi connectivity index (χ2n) is 12.5. The number of aromatic nitrogens is 2. The fourth-order valence-electron chi connectivity index (χ4n) is 6.80. The van der Waals surface area contributed by atoms with Crippen molar-refractivity contribution in [1.29, 1.82) is 0 Å². The number of methoxy groups -OCH3 is 2. The Bertz CT molecular complexity index is 1760. The van der Waals surface area contributed by atoms with Gasteiger partial charge in [-0.05, 0) is 66.0 Å². The van der Waals surface area contributed by atoms with Gasteiger partial charge in [-0.3, -0.25) is 14.3 Å². The first-order chi connectivity index (χ1) is 23.6. The third-order valence-corrected chi connectivity index (χ3v) is 14.7. The lowest BCUT2D eigenvalue weighted by Crippen LogP contribution is -2.54. The number of nitrogens with one attached hydrogen (secondary N) is 1. The average Bonchev–Trinajstić information content (AvgIpc) is 3.51. The van der Waals surface area contributed by atoms with Gasteiger partial charge < -0.3 is 28.2 Å². The van der Waals surface area contributed by atoms with E-state index >= 15 is 0 Å². The van der Waals surface area contributed by atoms with Gasteiger partial charge in [0.2, 0.25) is 0 Å². The van der Waals surface area contributed by atoms with Gasteiger partial charge in [-0.1, -0.05) is 75.4 Å². The number of benzene rings is 3. The molecule has 49 heavy (non-hydrogen) atoms. The van der Waals surface area contributed by atoms with Gasteiger partial charge in [0.05, 0.1) is 20.8 Å². The van der Waals surface area contributed by atoms with E-state index in [0.29, 0.717) is 17.1 Å². The maximum Gasteiger partial charge on any atom is 0.330 e. The van der Waals surface area contributed by atoms with Gasteiger partial charge in [0, 0.05) is 18.2 Å². The average molecular weight is 687 g/mol. The van der Waals surface area contributed by atoms with Crippen LogP contribution in [0, 0.1) is 6.92 Å². The van der Waals surface area contributed by atoms with Crippen molar-refractivity contribution >= 4 is 14.6 Å². The van der Waals surface area contributed by atoms with Crippen LogP contribution in [0.3, 0.4) is 0 Å². The highest BCUT2D eigenvalue weighted by Crippen LogP contribution is 2.46. The molecule has 3 aromatic carbocycles. The number of rotatable bonds is 15. The Balaban J connectivity index is 1.67. The van der Waals surface area contributed by atoms with E-state index in [1.807, 2.05) is 78.9 Å². The number of H-pyrrole nitrogens is 1. The summed E-state index contributed by atoms with van der Waals surface area (Å²) in [6, 6.07) is 27.7. The van der Waals surface area contributed by atoms with Gasteiger partial charge in [0.15, 0.2) is 14.6 Å². The highest BCUT2D eigenvalue weighted by molar-refractivity contribution is 6.73. The SMILES string of the molecule is CC[Si](CC)(CC)O[C@@]1(C=O)C[C@H](n2cc(C)c(=O)[nH]c2=O)O[C@@H]1COC(c1ccccc1)(c1ccc(OC)cc1)c1ccc(OC)cc1. The molecule has 1 aliphatic rings. The molecule has 1 saturated heterocycles. The van der Waals surface area contributed by atoms with Crippen molar-refractivity contribution in [2.24, 2.45) is 0 Å². The predicted octanol–water partition coefficient (Wildman–Crippen LogP) is 6.12. The third-order valence-electron chi connectivity index (χ3n) is 9.98. The molecule has 1 N–H and O–H groups in total. The summed E-state index contributed by atoms with van der Waals surface area (Å²) in [6.07, 6.45) is 0.599. The lowest BCUT2D eigenvalue weighted by Gasteiger charge is -2.41. The minimum absolute atomic E-state index is 0.0686. The zero-order valence-electron chi connectivity index (χ0n) is 29.1. The monoisotopic (exact) mass is 686 g/mol. The van der Waals surface area contributed by atoms with E-state index in [9.17, 15) is 14.4 Å².